The van der Waals surface area contributed by atoms with Crippen LogP contribution in [0.25, 0.3) is 10.8 Å². The van der Waals surface area contributed by atoms with Crippen LogP contribution in [0.3, 0.4) is 0 Å². The van der Waals surface area contributed by atoms with E-state index < -0.39 is 5.60 Å². The smallest absolute Gasteiger partial charge is 0.410 e. The summed E-state index contributed by atoms with van der Waals surface area (Å²) >= 11 is 1.53. The number of nitrogens with one attached hydrogen (secondary N) is 1. The molecule has 0 fully saturated rings. The van der Waals surface area contributed by atoms with Crippen LogP contribution < -0.4 is 9.45 Å². The maximum Gasteiger partial charge on any atom is 0.410 e. The van der Waals surface area contributed by atoms with Crippen LogP contribution in [0.1, 0.15) is 47.1 Å². The molecule has 0 bridgehead atoms. The van der Waals surface area contributed by atoms with Crippen molar-refractivity contribution in [1.82, 2.24) is 9.62 Å². The number of pyridine rings is 1. The maximum atomic E-state index is 12.8. The van der Waals surface area contributed by atoms with Gasteiger partial charge in [0.05, 0.1) is 5.39 Å². The van der Waals surface area contributed by atoms with Crippen LogP contribution in [0.15, 0.2) is 71.9 Å². The first kappa shape index (κ1) is 27.5. The third-order valence-corrected chi connectivity index (χ3v) is 5.78. The molecule has 1 atom stereocenters. The Morgan fingerprint density at radius 3 is 2.50 bits per heavy atom. The number of nitrogens with zero attached hydrogens (tertiary/aromatic N) is 2. The summed E-state index contributed by atoms with van der Waals surface area (Å²) in [5.74, 6) is 0. The average Bonchev–Trinajstić information content (AvgIpc) is 2.81. The topological polar surface area (TPSA) is 65.7 Å². The highest BCUT2D eigenvalue weighted by Crippen LogP contribution is 2.21. The number of rotatable bonds is 8. The number of aromatic nitrogens is 1. The standard InChI is InChI=1S/C25H32N3O3S.C2H6/c1-19(26-32-23-11-10-22-18-28(30)15-13-21(22)16-23)17-27(24(29)31-25(2,3)4)14-12-20-8-6-5-7-9-20;1-2/h5-11,13,15-16,18-19,26,30H,12,14,17H2,1-4H3;1-2H3/q+1;. The largest absolute Gasteiger partial charge is 0.444 e. The van der Waals surface area contributed by atoms with E-state index in [1.165, 1.54) is 17.5 Å². The van der Waals surface area contributed by atoms with E-state index in [1.54, 1.807) is 17.3 Å². The van der Waals surface area contributed by atoms with Crippen molar-refractivity contribution in [2.24, 2.45) is 0 Å². The molecule has 2 aromatic carbocycles. The predicted octanol–water partition coefficient (Wildman–Crippen LogP) is 5.86. The molecule has 0 radical (unpaired) electrons. The lowest BCUT2D eigenvalue weighted by Gasteiger charge is -2.29. The molecule has 0 spiro atoms. The monoisotopic (exact) mass is 484 g/mol. The molecule has 1 aromatic heterocycles. The van der Waals surface area contributed by atoms with Crippen LogP contribution in [-0.4, -0.2) is 40.9 Å². The highest BCUT2D eigenvalue weighted by molar-refractivity contribution is 7.97. The summed E-state index contributed by atoms with van der Waals surface area (Å²) in [4.78, 5) is 15.6. The van der Waals surface area contributed by atoms with Gasteiger partial charge in [0.1, 0.15) is 5.60 Å². The van der Waals surface area contributed by atoms with Gasteiger partial charge in [-0.2, -0.15) is 0 Å². The van der Waals surface area contributed by atoms with E-state index in [0.717, 1.165) is 26.8 Å². The zero-order chi connectivity index (χ0) is 25.1. The molecular weight excluding hydrogens is 446 g/mol. The zero-order valence-corrected chi connectivity index (χ0v) is 21.9. The molecule has 1 amide bonds. The normalized spacial score (nSPS) is 11.9. The lowest BCUT2D eigenvalue weighted by molar-refractivity contribution is -0.903. The minimum absolute atomic E-state index is 0.0503. The Balaban J connectivity index is 0.00000199. The second kappa shape index (κ2) is 13.2. The highest BCUT2D eigenvalue weighted by Gasteiger charge is 2.23. The molecule has 6 nitrogen and oxygen atoms in total. The molecule has 184 valence electrons. The van der Waals surface area contributed by atoms with Crippen LogP contribution in [0, 0.1) is 0 Å². The van der Waals surface area contributed by atoms with Crippen LogP contribution in [0.2, 0.25) is 0 Å². The molecular formula is C27H38N3O3S+. The first-order valence-electron chi connectivity index (χ1n) is 11.8. The Labute approximate surface area is 208 Å². The minimum atomic E-state index is -0.536. The molecule has 0 aliphatic heterocycles. The molecule has 3 aromatic rings. The number of benzene rings is 2. The lowest BCUT2D eigenvalue weighted by Crippen LogP contribution is -2.44. The van der Waals surface area contributed by atoms with Gasteiger partial charge in [0, 0.05) is 34.8 Å². The Kier molecular flexibility index (Phi) is 10.7. The molecule has 0 aliphatic rings. The van der Waals surface area contributed by atoms with Gasteiger partial charge in [-0.15, -0.1) is 0 Å². The van der Waals surface area contributed by atoms with Crippen LogP contribution in [0.5, 0.6) is 0 Å². The fraction of sp³-hybridized carbons (Fsp3) is 0.407. The summed E-state index contributed by atoms with van der Waals surface area (Å²) in [7, 11) is 0. The van der Waals surface area contributed by atoms with Gasteiger partial charge < -0.3 is 9.64 Å². The second-order valence-electron chi connectivity index (χ2n) is 8.90. The molecule has 7 heteroatoms. The maximum absolute atomic E-state index is 12.8. The second-order valence-corrected chi connectivity index (χ2v) is 9.81. The lowest BCUT2D eigenvalue weighted by atomic mass is 10.1. The Hall–Kier alpha value is -2.77. The zero-order valence-electron chi connectivity index (χ0n) is 21.1. The predicted molar refractivity (Wildman–Crippen MR) is 139 cm³/mol. The fourth-order valence-electron chi connectivity index (χ4n) is 3.25. The van der Waals surface area contributed by atoms with Crippen LogP contribution in [-0.2, 0) is 11.2 Å². The Bertz CT molecular complexity index is 1040. The summed E-state index contributed by atoms with van der Waals surface area (Å²) in [5.41, 5.74) is 0.655. The summed E-state index contributed by atoms with van der Waals surface area (Å²) < 4.78 is 10.1. The van der Waals surface area contributed by atoms with Gasteiger partial charge in [-0.3, -0.25) is 9.93 Å². The molecule has 0 saturated heterocycles. The van der Waals surface area contributed by atoms with Crippen molar-refractivity contribution in [1.29, 1.82) is 0 Å². The third kappa shape index (κ3) is 9.23. The van der Waals surface area contributed by atoms with Crippen molar-refractivity contribution in [3.8, 4) is 0 Å². The van der Waals surface area contributed by atoms with Crippen molar-refractivity contribution in [3.05, 3.63) is 72.6 Å². The summed E-state index contributed by atoms with van der Waals surface area (Å²) in [5, 5.41) is 11.6. The number of ether oxygens (including phenoxy) is 1. The van der Waals surface area contributed by atoms with Gasteiger partial charge >= 0.3 is 6.09 Å². The SMILES string of the molecule is CC.CC(CN(CCc1ccccc1)C(=O)OC(C)(C)C)NSc1ccc2c[n+](O)ccc2c1. The summed E-state index contributed by atoms with van der Waals surface area (Å²) in [6.07, 6.45) is 3.76. The Morgan fingerprint density at radius 2 is 1.82 bits per heavy atom. The fourth-order valence-corrected chi connectivity index (χ4v) is 3.98. The number of carbonyl (C=O) groups excluding carboxylic acids is 1. The highest BCUT2D eigenvalue weighted by atomic mass is 32.2. The quantitative estimate of drug-likeness (QED) is 0.238. The van der Waals surface area contributed by atoms with E-state index >= 15 is 0 Å². The minimum Gasteiger partial charge on any atom is -0.444 e. The average molecular weight is 485 g/mol. The van der Waals surface area contributed by atoms with E-state index in [9.17, 15) is 10.0 Å². The van der Waals surface area contributed by atoms with E-state index in [-0.39, 0.29) is 12.1 Å². The van der Waals surface area contributed by atoms with E-state index in [4.69, 9.17) is 4.74 Å². The van der Waals surface area contributed by atoms with Crippen molar-refractivity contribution < 1.29 is 19.5 Å². The molecule has 0 saturated carbocycles. The van der Waals surface area contributed by atoms with Crippen molar-refractivity contribution in [2.75, 3.05) is 13.1 Å². The van der Waals surface area contributed by atoms with Crippen molar-refractivity contribution >= 4 is 28.8 Å². The molecule has 2 N–H and O–H groups in total. The van der Waals surface area contributed by atoms with Crippen LogP contribution >= 0.6 is 11.9 Å². The number of carbonyl (C=O) groups is 1. The van der Waals surface area contributed by atoms with Gasteiger partial charge in [0.15, 0.2) is 0 Å². The van der Waals surface area contributed by atoms with Gasteiger partial charge in [-0.05, 0) is 75.2 Å². The van der Waals surface area contributed by atoms with Gasteiger partial charge in [-0.25, -0.2) is 4.79 Å². The van der Waals surface area contributed by atoms with Gasteiger partial charge in [-0.1, -0.05) is 44.2 Å². The summed E-state index contributed by atoms with van der Waals surface area (Å²) in [6, 6.07) is 18.1. The number of hydrogen-bond acceptors (Lipinski definition) is 5. The van der Waals surface area contributed by atoms with Crippen LogP contribution in [0.4, 0.5) is 4.79 Å². The van der Waals surface area contributed by atoms with E-state index in [0.29, 0.717) is 13.1 Å². The molecule has 34 heavy (non-hydrogen) atoms. The molecule has 3 rings (SSSR count). The number of hydrogen-bond donors (Lipinski definition) is 2. The molecule has 1 heterocycles. The Morgan fingerprint density at radius 1 is 1.12 bits per heavy atom. The number of fused-ring (bicyclic) bond motifs is 1. The molecule has 0 aliphatic carbocycles. The van der Waals surface area contributed by atoms with E-state index in [1.807, 2.05) is 71.0 Å². The molecule has 1 unspecified atom stereocenters. The summed E-state index contributed by atoms with van der Waals surface area (Å²) in [6.45, 7) is 12.8. The first-order valence-corrected chi connectivity index (χ1v) is 12.6. The van der Waals surface area contributed by atoms with E-state index in [2.05, 4.69) is 29.8 Å². The van der Waals surface area contributed by atoms with Gasteiger partial charge in [0.25, 0.3) is 0 Å². The van der Waals surface area contributed by atoms with Gasteiger partial charge in [0.2, 0.25) is 12.4 Å². The first-order chi connectivity index (χ1) is 16.2. The number of amides is 1. The van der Waals surface area contributed by atoms with Crippen molar-refractivity contribution in [2.45, 2.75) is 64.5 Å². The third-order valence-electron chi connectivity index (χ3n) is 4.77. The van der Waals surface area contributed by atoms with Crippen molar-refractivity contribution in [3.63, 3.8) is 0 Å².